The minimum absolute atomic E-state index is 0.266. The van der Waals surface area contributed by atoms with Crippen molar-refractivity contribution in [3.05, 3.63) is 29.6 Å². The Kier molecular flexibility index (Phi) is 6.27. The van der Waals surface area contributed by atoms with Gasteiger partial charge in [0.15, 0.2) is 5.82 Å². The van der Waals surface area contributed by atoms with E-state index in [0.717, 1.165) is 12.1 Å². The van der Waals surface area contributed by atoms with Crippen molar-refractivity contribution in [2.45, 2.75) is 32.0 Å². The van der Waals surface area contributed by atoms with Gasteiger partial charge in [0.05, 0.1) is 17.9 Å². The zero-order valence-electron chi connectivity index (χ0n) is 14.0. The molecule has 1 aliphatic rings. The van der Waals surface area contributed by atoms with Gasteiger partial charge < -0.3 is 20.3 Å². The van der Waals surface area contributed by atoms with Crippen molar-refractivity contribution in [3.63, 3.8) is 0 Å². The van der Waals surface area contributed by atoms with Gasteiger partial charge in [-0.2, -0.15) is 13.2 Å². The predicted molar refractivity (Wildman–Crippen MR) is 85.2 cm³/mol. The van der Waals surface area contributed by atoms with Gasteiger partial charge in [-0.1, -0.05) is 6.07 Å². The number of nitrogens with zero attached hydrogens (tertiary/aromatic N) is 1. The van der Waals surface area contributed by atoms with Gasteiger partial charge in [0.25, 0.3) is 0 Å². The third-order valence-electron chi connectivity index (χ3n) is 3.91. The highest BCUT2D eigenvalue weighted by molar-refractivity contribution is 5.89. The van der Waals surface area contributed by atoms with E-state index in [9.17, 15) is 27.2 Å². The molecule has 2 rings (SSSR count). The lowest BCUT2D eigenvalue weighted by Gasteiger charge is -2.31. The van der Waals surface area contributed by atoms with Crippen LogP contribution in [0.25, 0.3) is 0 Å². The molecular formula is C16H19F4N3O3. The summed E-state index contributed by atoms with van der Waals surface area (Å²) in [5.74, 6) is -1.53. The number of urea groups is 1. The van der Waals surface area contributed by atoms with Crippen LogP contribution in [-0.4, -0.2) is 42.8 Å². The number of hydrogen-bond acceptors (Lipinski definition) is 3. The minimum atomic E-state index is -4.85. The zero-order chi connectivity index (χ0) is 19.3. The van der Waals surface area contributed by atoms with E-state index in [-0.39, 0.29) is 12.6 Å². The van der Waals surface area contributed by atoms with E-state index in [4.69, 9.17) is 4.74 Å². The van der Waals surface area contributed by atoms with Crippen LogP contribution >= 0.6 is 0 Å². The second kappa shape index (κ2) is 8.24. The number of piperidine rings is 1. The molecule has 10 heteroatoms. The summed E-state index contributed by atoms with van der Waals surface area (Å²) < 4.78 is 56.8. The van der Waals surface area contributed by atoms with E-state index in [2.05, 4.69) is 10.6 Å². The fourth-order valence-corrected chi connectivity index (χ4v) is 2.61. The number of ether oxygens (including phenoxy) is 1. The number of carbonyl (C=O) groups excluding carboxylic acids is 2. The molecule has 0 atom stereocenters. The maximum atomic E-state index is 13.9. The highest BCUT2D eigenvalue weighted by atomic mass is 19.4. The molecule has 0 unspecified atom stereocenters. The van der Waals surface area contributed by atoms with Crippen molar-refractivity contribution >= 4 is 17.8 Å². The molecule has 0 saturated carbocycles. The summed E-state index contributed by atoms with van der Waals surface area (Å²) in [6.07, 6.45) is -4.37. The van der Waals surface area contributed by atoms with Gasteiger partial charge >= 0.3 is 18.3 Å². The van der Waals surface area contributed by atoms with E-state index in [1.54, 1.807) is 6.92 Å². The molecule has 0 aromatic heterocycles. The van der Waals surface area contributed by atoms with Crippen molar-refractivity contribution < 1.29 is 31.9 Å². The van der Waals surface area contributed by atoms with Gasteiger partial charge in [-0.05, 0) is 31.9 Å². The maximum absolute atomic E-state index is 13.9. The highest BCUT2D eigenvalue weighted by Gasteiger charge is 2.35. The van der Waals surface area contributed by atoms with E-state index in [1.807, 2.05) is 0 Å². The molecule has 1 heterocycles. The molecule has 1 aromatic carbocycles. The largest absolute Gasteiger partial charge is 0.450 e. The van der Waals surface area contributed by atoms with Crippen LogP contribution in [0, 0.1) is 5.82 Å². The maximum Gasteiger partial charge on any atom is 0.419 e. The molecule has 144 valence electrons. The number of carbonyl (C=O) groups is 2. The first-order chi connectivity index (χ1) is 12.2. The molecule has 1 aliphatic heterocycles. The Morgan fingerprint density at radius 3 is 2.50 bits per heavy atom. The fourth-order valence-electron chi connectivity index (χ4n) is 2.61. The first kappa shape index (κ1) is 19.8. The van der Waals surface area contributed by atoms with E-state index in [0.29, 0.717) is 32.0 Å². The van der Waals surface area contributed by atoms with E-state index >= 15 is 0 Å². The quantitative estimate of drug-likeness (QED) is 0.791. The molecule has 1 aromatic rings. The van der Waals surface area contributed by atoms with Gasteiger partial charge in [-0.3, -0.25) is 0 Å². The monoisotopic (exact) mass is 377 g/mol. The van der Waals surface area contributed by atoms with Gasteiger partial charge in [-0.25, -0.2) is 14.0 Å². The number of likely N-dealkylation sites (tertiary alicyclic amines) is 1. The second-order valence-electron chi connectivity index (χ2n) is 5.72. The Hall–Kier alpha value is -2.52. The summed E-state index contributed by atoms with van der Waals surface area (Å²) in [5.41, 5.74) is -2.00. The van der Waals surface area contributed by atoms with Crippen LogP contribution in [0.1, 0.15) is 25.3 Å². The molecule has 26 heavy (non-hydrogen) atoms. The minimum Gasteiger partial charge on any atom is -0.450 e. The SMILES string of the molecule is CCOC(=O)N1CCC(NC(=O)Nc2cccc(C(F)(F)F)c2F)CC1. The number of rotatable bonds is 3. The molecule has 2 N–H and O–H groups in total. The van der Waals surface area contributed by atoms with E-state index in [1.165, 1.54) is 4.90 Å². The lowest BCUT2D eigenvalue weighted by molar-refractivity contribution is -0.139. The molecule has 0 spiro atoms. The molecule has 6 nitrogen and oxygen atoms in total. The first-order valence-electron chi connectivity index (χ1n) is 8.07. The number of halogens is 4. The summed E-state index contributed by atoms with van der Waals surface area (Å²) in [4.78, 5) is 25.0. The summed E-state index contributed by atoms with van der Waals surface area (Å²) >= 11 is 0. The molecule has 0 radical (unpaired) electrons. The van der Waals surface area contributed by atoms with Gasteiger partial charge in [0.2, 0.25) is 0 Å². The van der Waals surface area contributed by atoms with Gasteiger partial charge in [-0.15, -0.1) is 0 Å². The Morgan fingerprint density at radius 1 is 1.27 bits per heavy atom. The summed E-state index contributed by atoms with van der Waals surface area (Å²) in [6.45, 7) is 2.72. The number of amides is 3. The smallest absolute Gasteiger partial charge is 0.419 e. The third kappa shape index (κ3) is 4.99. The van der Waals surface area contributed by atoms with Gasteiger partial charge in [0.1, 0.15) is 0 Å². The normalized spacial score (nSPS) is 15.5. The lowest BCUT2D eigenvalue weighted by Crippen LogP contribution is -2.47. The van der Waals surface area contributed by atoms with Crippen LogP contribution in [0.15, 0.2) is 18.2 Å². The van der Waals surface area contributed by atoms with Crippen LogP contribution < -0.4 is 10.6 Å². The van der Waals surface area contributed by atoms with Crippen molar-refractivity contribution in [3.8, 4) is 0 Å². The van der Waals surface area contributed by atoms with Crippen molar-refractivity contribution in [1.82, 2.24) is 10.2 Å². The van der Waals surface area contributed by atoms with Gasteiger partial charge in [0, 0.05) is 19.1 Å². The number of alkyl halides is 3. The number of nitrogens with one attached hydrogen (secondary N) is 2. The third-order valence-corrected chi connectivity index (χ3v) is 3.91. The Bertz CT molecular complexity index is 659. The first-order valence-corrected chi connectivity index (χ1v) is 8.07. The number of hydrogen-bond donors (Lipinski definition) is 2. The van der Waals surface area contributed by atoms with Crippen LogP contribution in [0.2, 0.25) is 0 Å². The van der Waals surface area contributed by atoms with Crippen LogP contribution in [-0.2, 0) is 10.9 Å². The van der Waals surface area contributed by atoms with Crippen LogP contribution in [0.4, 0.5) is 32.8 Å². The second-order valence-corrected chi connectivity index (χ2v) is 5.72. The lowest BCUT2D eigenvalue weighted by atomic mass is 10.1. The standard InChI is InChI=1S/C16H19F4N3O3/c1-2-26-15(25)23-8-6-10(7-9-23)21-14(24)22-12-5-3-4-11(13(12)17)16(18,19)20/h3-5,10H,2,6-9H2,1H3,(H2,21,22,24). The topological polar surface area (TPSA) is 70.7 Å². The zero-order valence-corrected chi connectivity index (χ0v) is 14.0. The predicted octanol–water partition coefficient (Wildman–Crippen LogP) is 3.59. The summed E-state index contributed by atoms with van der Waals surface area (Å²) in [7, 11) is 0. The number of benzene rings is 1. The van der Waals surface area contributed by atoms with Crippen LogP contribution in [0.5, 0.6) is 0 Å². The molecular weight excluding hydrogens is 358 g/mol. The number of anilines is 1. The van der Waals surface area contributed by atoms with E-state index < -0.39 is 35.4 Å². The average molecular weight is 377 g/mol. The fraction of sp³-hybridized carbons (Fsp3) is 0.500. The summed E-state index contributed by atoms with van der Waals surface area (Å²) in [5, 5.41) is 4.66. The van der Waals surface area contributed by atoms with Crippen molar-refractivity contribution in [2.24, 2.45) is 0 Å². The average Bonchev–Trinajstić information content (AvgIpc) is 2.56. The highest BCUT2D eigenvalue weighted by Crippen LogP contribution is 2.33. The molecule has 3 amide bonds. The van der Waals surface area contributed by atoms with Crippen molar-refractivity contribution in [2.75, 3.05) is 25.0 Å². The summed E-state index contributed by atoms with van der Waals surface area (Å²) in [6, 6.07) is 1.57. The Morgan fingerprint density at radius 2 is 1.92 bits per heavy atom. The van der Waals surface area contributed by atoms with Crippen LogP contribution in [0.3, 0.4) is 0 Å². The molecule has 1 saturated heterocycles. The molecule has 0 aliphatic carbocycles. The Balaban J connectivity index is 1.90. The molecule has 0 bridgehead atoms. The van der Waals surface area contributed by atoms with Crippen molar-refractivity contribution in [1.29, 1.82) is 0 Å². The molecule has 1 fully saturated rings. The Labute approximate surface area is 147 Å².